The molecule has 2 N–H and O–H groups in total. The van der Waals surface area contributed by atoms with Crippen LogP contribution in [-0.2, 0) is 4.79 Å². The van der Waals surface area contributed by atoms with Crippen LogP contribution in [0.25, 0.3) is 6.08 Å². The Labute approximate surface area is 174 Å². The van der Waals surface area contributed by atoms with Crippen LogP contribution in [0.5, 0.6) is 0 Å². The van der Waals surface area contributed by atoms with E-state index in [0.29, 0.717) is 0 Å². The Kier molecular flexibility index (Phi) is 5.86. The number of carbonyl (C=O) groups excluding carboxylic acids is 1. The van der Waals surface area contributed by atoms with Gasteiger partial charge in [-0.05, 0) is 61.6 Å². The number of aromatic nitrogens is 2. The van der Waals surface area contributed by atoms with Gasteiger partial charge in [-0.2, -0.15) is 0 Å². The zero-order valence-electron chi connectivity index (χ0n) is 16.3. The Bertz CT molecular complexity index is 993. The van der Waals surface area contributed by atoms with Crippen molar-refractivity contribution in [3.8, 4) is 0 Å². The first-order chi connectivity index (χ1) is 14.2. The fourth-order valence-corrected chi connectivity index (χ4v) is 3.85. The highest BCUT2D eigenvalue weighted by Gasteiger charge is 2.15. The fourth-order valence-electron chi connectivity index (χ4n) is 3.24. The molecule has 4 rings (SSSR count). The lowest BCUT2D eigenvalue weighted by Crippen LogP contribution is -2.19. The van der Waals surface area contributed by atoms with Gasteiger partial charge in [-0.15, -0.1) is 11.3 Å². The third-order valence-corrected chi connectivity index (χ3v) is 5.46. The van der Waals surface area contributed by atoms with E-state index >= 15 is 0 Å². The van der Waals surface area contributed by atoms with Gasteiger partial charge in [0, 0.05) is 41.5 Å². The summed E-state index contributed by atoms with van der Waals surface area (Å²) in [5.74, 6) is 2.34. The van der Waals surface area contributed by atoms with Gasteiger partial charge < -0.3 is 15.5 Å². The van der Waals surface area contributed by atoms with Crippen LogP contribution in [0.4, 0.5) is 23.0 Å². The Balaban J connectivity index is 1.38. The molecule has 0 saturated carbocycles. The van der Waals surface area contributed by atoms with E-state index in [1.54, 1.807) is 17.4 Å². The molecule has 7 heteroatoms. The number of amides is 1. The summed E-state index contributed by atoms with van der Waals surface area (Å²) in [6.07, 6.45) is 5.77. The highest BCUT2D eigenvalue weighted by atomic mass is 32.1. The predicted octanol–water partition coefficient (Wildman–Crippen LogP) is 4.84. The molecule has 1 aliphatic heterocycles. The minimum atomic E-state index is -0.152. The van der Waals surface area contributed by atoms with Crippen LogP contribution in [0.1, 0.15) is 23.5 Å². The summed E-state index contributed by atoms with van der Waals surface area (Å²) >= 11 is 1.60. The zero-order chi connectivity index (χ0) is 20.1. The van der Waals surface area contributed by atoms with Crippen LogP contribution in [0.2, 0.25) is 0 Å². The van der Waals surface area contributed by atoms with E-state index in [2.05, 4.69) is 25.5 Å². The van der Waals surface area contributed by atoms with Gasteiger partial charge >= 0.3 is 0 Å². The third-order valence-electron chi connectivity index (χ3n) is 4.62. The molecule has 0 bridgehead atoms. The maximum atomic E-state index is 12.1. The Morgan fingerprint density at radius 1 is 1.10 bits per heavy atom. The summed E-state index contributed by atoms with van der Waals surface area (Å²) in [5, 5.41) is 8.18. The molecule has 0 spiro atoms. The Hall–Kier alpha value is -3.19. The molecule has 1 amide bonds. The molecule has 1 aliphatic rings. The average molecular weight is 406 g/mol. The highest BCUT2D eigenvalue weighted by Crippen LogP contribution is 2.23. The van der Waals surface area contributed by atoms with Crippen molar-refractivity contribution in [1.82, 2.24) is 9.97 Å². The lowest BCUT2D eigenvalue weighted by Gasteiger charge is -2.18. The summed E-state index contributed by atoms with van der Waals surface area (Å²) in [7, 11) is 0. The van der Waals surface area contributed by atoms with E-state index in [1.165, 1.54) is 12.8 Å². The van der Waals surface area contributed by atoms with Crippen molar-refractivity contribution in [2.75, 3.05) is 28.6 Å². The SMILES string of the molecule is Cc1nc(Nc2ccc(NC(=O)/C=C/c3cccs3)cc2)cc(N2CCCC2)n1. The maximum Gasteiger partial charge on any atom is 0.248 e. The molecule has 0 unspecified atom stereocenters. The minimum Gasteiger partial charge on any atom is -0.356 e. The second kappa shape index (κ2) is 8.87. The number of benzene rings is 1. The number of aryl methyl sites for hydroxylation is 1. The lowest BCUT2D eigenvalue weighted by atomic mass is 10.2. The van der Waals surface area contributed by atoms with Crippen molar-refractivity contribution in [2.24, 2.45) is 0 Å². The lowest BCUT2D eigenvalue weighted by molar-refractivity contribution is -0.111. The summed E-state index contributed by atoms with van der Waals surface area (Å²) in [6, 6.07) is 13.5. The van der Waals surface area contributed by atoms with Crippen LogP contribution in [0.3, 0.4) is 0 Å². The highest BCUT2D eigenvalue weighted by molar-refractivity contribution is 7.10. The molecule has 0 radical (unpaired) electrons. The van der Waals surface area contributed by atoms with Gasteiger partial charge in [0.2, 0.25) is 5.91 Å². The smallest absolute Gasteiger partial charge is 0.248 e. The average Bonchev–Trinajstić information content (AvgIpc) is 3.42. The largest absolute Gasteiger partial charge is 0.356 e. The van der Waals surface area contributed by atoms with E-state index < -0.39 is 0 Å². The van der Waals surface area contributed by atoms with E-state index in [0.717, 1.165) is 46.8 Å². The van der Waals surface area contributed by atoms with Crippen molar-refractivity contribution in [2.45, 2.75) is 19.8 Å². The molecule has 29 heavy (non-hydrogen) atoms. The second-order valence-electron chi connectivity index (χ2n) is 6.89. The van der Waals surface area contributed by atoms with Crippen LogP contribution < -0.4 is 15.5 Å². The predicted molar refractivity (Wildman–Crippen MR) is 120 cm³/mol. The first-order valence-corrected chi connectivity index (χ1v) is 10.5. The number of carbonyl (C=O) groups is 1. The molecule has 2 aromatic heterocycles. The van der Waals surface area contributed by atoms with Gasteiger partial charge in [-0.1, -0.05) is 6.07 Å². The minimum absolute atomic E-state index is 0.152. The number of nitrogens with zero attached hydrogens (tertiary/aromatic N) is 3. The van der Waals surface area contributed by atoms with Crippen molar-refractivity contribution < 1.29 is 4.79 Å². The summed E-state index contributed by atoms with van der Waals surface area (Å²) in [4.78, 5) is 24.5. The van der Waals surface area contributed by atoms with Crippen LogP contribution in [0.15, 0.2) is 53.9 Å². The molecule has 0 aliphatic carbocycles. The van der Waals surface area contributed by atoms with Crippen LogP contribution in [-0.4, -0.2) is 29.0 Å². The quantitative estimate of drug-likeness (QED) is 0.574. The Morgan fingerprint density at radius 2 is 1.86 bits per heavy atom. The summed E-state index contributed by atoms with van der Waals surface area (Å²) in [5.41, 5.74) is 1.65. The van der Waals surface area contributed by atoms with E-state index in [-0.39, 0.29) is 5.91 Å². The number of thiophene rings is 1. The topological polar surface area (TPSA) is 70.2 Å². The number of nitrogens with one attached hydrogen (secondary N) is 2. The molecule has 1 fully saturated rings. The van der Waals surface area contributed by atoms with Gasteiger partial charge in [-0.25, -0.2) is 9.97 Å². The van der Waals surface area contributed by atoms with Crippen molar-refractivity contribution in [3.63, 3.8) is 0 Å². The van der Waals surface area contributed by atoms with Crippen LogP contribution in [0, 0.1) is 6.92 Å². The molecule has 0 atom stereocenters. The number of hydrogen-bond acceptors (Lipinski definition) is 6. The third kappa shape index (κ3) is 5.20. The number of rotatable bonds is 6. The molecule has 1 aromatic carbocycles. The van der Waals surface area contributed by atoms with Crippen LogP contribution >= 0.6 is 11.3 Å². The van der Waals surface area contributed by atoms with Crippen molar-refractivity contribution in [1.29, 1.82) is 0 Å². The van der Waals surface area contributed by atoms with Crippen molar-refractivity contribution in [3.05, 3.63) is 64.6 Å². The maximum absolute atomic E-state index is 12.1. The van der Waals surface area contributed by atoms with E-state index in [9.17, 15) is 4.79 Å². The van der Waals surface area contributed by atoms with Gasteiger partial charge in [-0.3, -0.25) is 4.79 Å². The molecule has 3 aromatic rings. The summed E-state index contributed by atoms with van der Waals surface area (Å²) < 4.78 is 0. The molecule has 3 heterocycles. The normalized spacial score (nSPS) is 13.8. The first-order valence-electron chi connectivity index (χ1n) is 9.66. The van der Waals surface area contributed by atoms with E-state index in [1.807, 2.05) is 60.8 Å². The second-order valence-corrected chi connectivity index (χ2v) is 7.87. The van der Waals surface area contributed by atoms with Gasteiger partial charge in [0.25, 0.3) is 0 Å². The monoisotopic (exact) mass is 405 g/mol. The fraction of sp³-hybridized carbons (Fsp3) is 0.227. The zero-order valence-corrected chi connectivity index (χ0v) is 17.1. The molecule has 148 valence electrons. The number of anilines is 4. The van der Waals surface area contributed by atoms with Gasteiger partial charge in [0.15, 0.2) is 0 Å². The molecule has 6 nitrogen and oxygen atoms in total. The molecular formula is C22H23N5OS. The Morgan fingerprint density at radius 3 is 2.59 bits per heavy atom. The van der Waals surface area contributed by atoms with Gasteiger partial charge in [0.05, 0.1) is 0 Å². The van der Waals surface area contributed by atoms with Gasteiger partial charge in [0.1, 0.15) is 17.5 Å². The summed E-state index contributed by atoms with van der Waals surface area (Å²) in [6.45, 7) is 4.00. The molecular weight excluding hydrogens is 382 g/mol. The first kappa shape index (κ1) is 19.1. The molecule has 1 saturated heterocycles. The van der Waals surface area contributed by atoms with Crippen molar-refractivity contribution >= 4 is 46.3 Å². The number of hydrogen-bond donors (Lipinski definition) is 2. The van der Waals surface area contributed by atoms with E-state index in [4.69, 9.17) is 0 Å². The standard InChI is InChI=1S/C22H23N5OS/c1-16-23-20(15-21(24-16)27-12-2-3-13-27)25-17-6-8-18(9-7-17)26-22(28)11-10-19-5-4-14-29-19/h4-11,14-15H,2-3,12-13H2,1H3,(H,26,28)(H,23,24,25)/b11-10+.